The van der Waals surface area contributed by atoms with Gasteiger partial charge >= 0.3 is 0 Å². The monoisotopic (exact) mass is 290 g/mol. The zero-order valence-corrected chi connectivity index (χ0v) is 10.0. The summed E-state index contributed by atoms with van der Waals surface area (Å²) in [6, 6.07) is 3.63. The van der Waals surface area contributed by atoms with Crippen LogP contribution >= 0.6 is 22.6 Å². The summed E-state index contributed by atoms with van der Waals surface area (Å²) in [5.74, 6) is 0.921. The average molecular weight is 290 g/mol. The molecular formula is C10H11IO2. The summed E-state index contributed by atoms with van der Waals surface area (Å²) >= 11 is 2.17. The average Bonchev–Trinajstić information content (AvgIpc) is 2.09. The molecule has 13 heavy (non-hydrogen) atoms. The number of hydrogen-bond acceptors (Lipinski definition) is 2. The summed E-state index contributed by atoms with van der Waals surface area (Å²) in [4.78, 5) is 11.2. The lowest BCUT2D eigenvalue weighted by Gasteiger charge is -2.08. The number of ketones is 1. The summed E-state index contributed by atoms with van der Waals surface area (Å²) in [6.07, 6.45) is 0. The predicted molar refractivity (Wildman–Crippen MR) is 60.5 cm³/mol. The van der Waals surface area contributed by atoms with E-state index in [9.17, 15) is 4.79 Å². The molecule has 3 heteroatoms. The quantitative estimate of drug-likeness (QED) is 0.618. The van der Waals surface area contributed by atoms with Crippen molar-refractivity contribution in [2.75, 3.05) is 7.11 Å². The van der Waals surface area contributed by atoms with Crippen molar-refractivity contribution in [1.29, 1.82) is 0 Å². The SMILES string of the molecule is COc1ccc(C(C)=O)c(I)c1C. The number of hydrogen-bond donors (Lipinski definition) is 0. The zero-order chi connectivity index (χ0) is 10.0. The van der Waals surface area contributed by atoms with E-state index in [-0.39, 0.29) is 5.78 Å². The standard InChI is InChI=1S/C10H11IO2/c1-6-9(13-3)5-4-8(7(2)12)10(6)11/h4-5H,1-3H3. The topological polar surface area (TPSA) is 26.3 Å². The zero-order valence-electron chi connectivity index (χ0n) is 7.85. The molecule has 0 radical (unpaired) electrons. The lowest BCUT2D eigenvalue weighted by molar-refractivity contribution is 0.101. The predicted octanol–water partition coefficient (Wildman–Crippen LogP) is 2.81. The molecule has 70 valence electrons. The number of ether oxygens (including phenoxy) is 1. The molecule has 0 fully saturated rings. The summed E-state index contributed by atoms with van der Waals surface area (Å²) in [5.41, 5.74) is 1.79. The number of halogens is 1. The molecule has 0 atom stereocenters. The van der Waals surface area contributed by atoms with Crippen molar-refractivity contribution in [1.82, 2.24) is 0 Å². The molecule has 0 bridgehead atoms. The van der Waals surface area contributed by atoms with E-state index in [0.717, 1.165) is 20.4 Å². The van der Waals surface area contributed by atoms with Crippen LogP contribution in [0.15, 0.2) is 12.1 Å². The Bertz CT molecular complexity index is 345. The Morgan fingerprint density at radius 1 is 1.46 bits per heavy atom. The minimum atomic E-state index is 0.0927. The van der Waals surface area contributed by atoms with E-state index in [1.54, 1.807) is 20.1 Å². The fraction of sp³-hybridized carbons (Fsp3) is 0.300. The van der Waals surface area contributed by atoms with Crippen LogP contribution in [0, 0.1) is 10.5 Å². The summed E-state index contributed by atoms with van der Waals surface area (Å²) in [6.45, 7) is 3.52. The number of methoxy groups -OCH3 is 1. The van der Waals surface area contributed by atoms with Crippen molar-refractivity contribution < 1.29 is 9.53 Å². The Hall–Kier alpha value is -0.580. The Morgan fingerprint density at radius 2 is 2.08 bits per heavy atom. The number of benzene rings is 1. The van der Waals surface area contributed by atoms with E-state index in [1.165, 1.54) is 0 Å². The molecule has 0 aromatic heterocycles. The van der Waals surface area contributed by atoms with Gasteiger partial charge in [0.15, 0.2) is 5.78 Å². The molecule has 0 saturated carbocycles. The number of carbonyl (C=O) groups is 1. The van der Waals surface area contributed by atoms with Crippen molar-refractivity contribution in [2.45, 2.75) is 13.8 Å². The van der Waals surface area contributed by atoms with Crippen LogP contribution in [0.3, 0.4) is 0 Å². The Morgan fingerprint density at radius 3 is 2.54 bits per heavy atom. The highest BCUT2D eigenvalue weighted by molar-refractivity contribution is 14.1. The van der Waals surface area contributed by atoms with Gasteiger partial charge < -0.3 is 4.74 Å². The van der Waals surface area contributed by atoms with Crippen LogP contribution in [0.4, 0.5) is 0 Å². The van der Waals surface area contributed by atoms with Crippen LogP contribution in [0.2, 0.25) is 0 Å². The third kappa shape index (κ3) is 2.02. The highest BCUT2D eigenvalue weighted by Gasteiger charge is 2.10. The van der Waals surface area contributed by atoms with Gasteiger partial charge in [-0.15, -0.1) is 0 Å². The van der Waals surface area contributed by atoms with Crippen molar-refractivity contribution in [3.05, 3.63) is 26.8 Å². The second-order valence-electron chi connectivity index (χ2n) is 2.81. The molecule has 0 aliphatic rings. The number of Topliss-reactive ketones (excluding diaryl/α,β-unsaturated/α-hetero) is 1. The maximum absolute atomic E-state index is 11.2. The van der Waals surface area contributed by atoms with Crippen molar-refractivity contribution in [3.8, 4) is 5.75 Å². The molecule has 1 aromatic rings. The van der Waals surface area contributed by atoms with Gasteiger partial charge in [-0.25, -0.2) is 0 Å². The first-order valence-corrected chi connectivity index (χ1v) is 4.99. The lowest BCUT2D eigenvalue weighted by Crippen LogP contribution is -1.99. The van der Waals surface area contributed by atoms with Gasteiger partial charge in [0.1, 0.15) is 5.75 Å². The highest BCUT2D eigenvalue weighted by atomic mass is 127. The number of carbonyl (C=O) groups excluding carboxylic acids is 1. The summed E-state index contributed by atoms with van der Waals surface area (Å²) in [7, 11) is 1.63. The van der Waals surface area contributed by atoms with Crippen LogP contribution in [-0.2, 0) is 0 Å². The van der Waals surface area contributed by atoms with E-state index in [4.69, 9.17) is 4.74 Å². The summed E-state index contributed by atoms with van der Waals surface area (Å²) < 4.78 is 6.12. The first-order valence-electron chi connectivity index (χ1n) is 3.92. The first-order chi connectivity index (χ1) is 6.07. The van der Waals surface area contributed by atoms with Crippen molar-refractivity contribution in [2.24, 2.45) is 0 Å². The molecule has 0 spiro atoms. The first kappa shape index (κ1) is 10.5. The maximum Gasteiger partial charge on any atom is 0.160 e. The molecule has 1 rings (SSSR count). The normalized spacial score (nSPS) is 9.85. The summed E-state index contributed by atoms with van der Waals surface area (Å²) in [5, 5.41) is 0. The molecule has 0 N–H and O–H groups in total. The third-order valence-electron chi connectivity index (χ3n) is 1.94. The molecule has 0 unspecified atom stereocenters. The van der Waals surface area contributed by atoms with Gasteiger partial charge in [-0.1, -0.05) is 0 Å². The van der Waals surface area contributed by atoms with Crippen LogP contribution < -0.4 is 4.74 Å². The van der Waals surface area contributed by atoms with Gasteiger partial charge in [0, 0.05) is 14.7 Å². The molecule has 0 heterocycles. The largest absolute Gasteiger partial charge is 0.496 e. The highest BCUT2D eigenvalue weighted by Crippen LogP contribution is 2.26. The van der Waals surface area contributed by atoms with Crippen LogP contribution in [0.1, 0.15) is 22.8 Å². The fourth-order valence-electron chi connectivity index (χ4n) is 1.16. The third-order valence-corrected chi connectivity index (χ3v) is 3.33. The van der Waals surface area contributed by atoms with Gasteiger partial charge in [0.2, 0.25) is 0 Å². The fourth-order valence-corrected chi connectivity index (χ4v) is 1.99. The smallest absolute Gasteiger partial charge is 0.160 e. The van der Waals surface area contributed by atoms with E-state index < -0.39 is 0 Å². The minimum Gasteiger partial charge on any atom is -0.496 e. The van der Waals surface area contributed by atoms with E-state index >= 15 is 0 Å². The van der Waals surface area contributed by atoms with Gasteiger partial charge in [0.25, 0.3) is 0 Å². The minimum absolute atomic E-state index is 0.0927. The van der Waals surface area contributed by atoms with Crippen molar-refractivity contribution >= 4 is 28.4 Å². The Balaban J connectivity index is 3.31. The molecule has 0 aliphatic heterocycles. The lowest BCUT2D eigenvalue weighted by atomic mass is 10.1. The number of rotatable bonds is 2. The van der Waals surface area contributed by atoms with Gasteiger partial charge in [0.05, 0.1) is 7.11 Å². The van der Waals surface area contributed by atoms with E-state index in [2.05, 4.69) is 22.6 Å². The second-order valence-corrected chi connectivity index (χ2v) is 3.89. The van der Waals surface area contributed by atoms with E-state index in [0.29, 0.717) is 0 Å². The van der Waals surface area contributed by atoms with Gasteiger partial charge in [-0.2, -0.15) is 0 Å². The van der Waals surface area contributed by atoms with Gasteiger partial charge in [-0.3, -0.25) is 4.79 Å². The van der Waals surface area contributed by atoms with Crippen LogP contribution in [0.5, 0.6) is 5.75 Å². The van der Waals surface area contributed by atoms with Crippen molar-refractivity contribution in [3.63, 3.8) is 0 Å². The van der Waals surface area contributed by atoms with Crippen LogP contribution in [0.25, 0.3) is 0 Å². The molecular weight excluding hydrogens is 279 g/mol. The molecule has 0 saturated heterocycles. The molecule has 1 aromatic carbocycles. The molecule has 2 nitrogen and oxygen atoms in total. The molecule has 0 amide bonds. The Labute approximate surface area is 91.4 Å². The van der Waals surface area contributed by atoms with Gasteiger partial charge in [-0.05, 0) is 48.6 Å². The van der Waals surface area contributed by atoms with Crippen LogP contribution in [-0.4, -0.2) is 12.9 Å². The second kappa shape index (κ2) is 4.09. The Kier molecular flexibility index (Phi) is 3.30. The maximum atomic E-state index is 11.2. The van der Waals surface area contributed by atoms with E-state index in [1.807, 2.05) is 13.0 Å². The molecule has 0 aliphatic carbocycles.